The Kier molecular flexibility index (Phi) is 6.47. The van der Waals surface area contributed by atoms with Crippen LogP contribution in [0.2, 0.25) is 0 Å². The van der Waals surface area contributed by atoms with Crippen molar-refractivity contribution in [1.82, 2.24) is 10.2 Å². The van der Waals surface area contributed by atoms with Crippen LogP contribution in [0.25, 0.3) is 0 Å². The summed E-state index contributed by atoms with van der Waals surface area (Å²) in [5.41, 5.74) is 0. The predicted octanol–water partition coefficient (Wildman–Crippen LogP) is 2.12. The Hall–Kier alpha value is -0.260. The first-order chi connectivity index (χ1) is 9.25. The molecule has 112 valence electrons. The molecule has 19 heavy (non-hydrogen) atoms. The average Bonchev–Trinajstić information content (AvgIpc) is 2.45. The number of hydrogen-bond donors (Lipinski definition) is 1. The van der Waals surface area contributed by atoms with Crippen LogP contribution in [-0.2, 0) is 4.74 Å². The minimum absolute atomic E-state index is 0.418. The highest BCUT2D eigenvalue weighted by molar-refractivity contribution is 4.85. The van der Waals surface area contributed by atoms with Crippen LogP contribution >= 0.6 is 0 Å². The third kappa shape index (κ3) is 5.32. The van der Waals surface area contributed by atoms with Gasteiger partial charge in [-0.15, -0.1) is 0 Å². The topological polar surface area (TPSA) is 24.5 Å². The number of hydrogen-bond acceptors (Lipinski definition) is 3. The first-order valence-electron chi connectivity index (χ1n) is 7.57. The molecule has 1 saturated heterocycles. The van der Waals surface area contributed by atoms with E-state index in [9.17, 15) is 8.78 Å². The zero-order chi connectivity index (χ0) is 13.5. The maximum absolute atomic E-state index is 12.0. The molecule has 2 rings (SSSR count). The Labute approximate surface area is 114 Å². The normalized spacial score (nSPS) is 27.0. The van der Waals surface area contributed by atoms with Gasteiger partial charge in [-0.1, -0.05) is 19.3 Å². The summed E-state index contributed by atoms with van der Waals surface area (Å²) in [6, 6.07) is 0.587. The fourth-order valence-electron chi connectivity index (χ4n) is 3.26. The van der Waals surface area contributed by atoms with Crippen molar-refractivity contribution in [1.29, 1.82) is 0 Å². The Balaban J connectivity index is 1.65. The molecule has 1 atom stereocenters. The van der Waals surface area contributed by atoms with Gasteiger partial charge in [0, 0.05) is 32.2 Å². The van der Waals surface area contributed by atoms with Crippen molar-refractivity contribution in [2.45, 2.75) is 44.6 Å². The molecular formula is C14H26F2N2O. The van der Waals surface area contributed by atoms with Gasteiger partial charge in [0.15, 0.2) is 0 Å². The molecule has 3 nitrogen and oxygen atoms in total. The van der Waals surface area contributed by atoms with E-state index in [0.717, 1.165) is 32.1 Å². The van der Waals surface area contributed by atoms with Crippen molar-refractivity contribution in [3.05, 3.63) is 0 Å². The lowest BCUT2D eigenvalue weighted by Crippen LogP contribution is -2.54. The van der Waals surface area contributed by atoms with Crippen LogP contribution in [-0.4, -0.2) is 56.8 Å². The molecular weight excluding hydrogens is 250 g/mol. The number of nitrogens with one attached hydrogen (secondary N) is 1. The summed E-state index contributed by atoms with van der Waals surface area (Å²) < 4.78 is 28.9. The number of piperazine rings is 1. The Morgan fingerprint density at radius 2 is 2.00 bits per heavy atom. The fourth-order valence-corrected chi connectivity index (χ4v) is 3.26. The van der Waals surface area contributed by atoms with Crippen molar-refractivity contribution in [3.63, 3.8) is 0 Å². The monoisotopic (exact) mass is 276 g/mol. The molecule has 1 heterocycles. The van der Waals surface area contributed by atoms with E-state index in [2.05, 4.69) is 10.2 Å². The van der Waals surface area contributed by atoms with E-state index >= 15 is 0 Å². The Bertz CT molecular complexity index is 248. The lowest BCUT2D eigenvalue weighted by Gasteiger charge is -2.39. The van der Waals surface area contributed by atoms with E-state index in [1.165, 1.54) is 32.1 Å². The molecule has 5 heteroatoms. The highest BCUT2D eigenvalue weighted by atomic mass is 19.3. The maximum atomic E-state index is 12.0. The highest BCUT2D eigenvalue weighted by Crippen LogP contribution is 2.27. The summed E-state index contributed by atoms with van der Waals surface area (Å²) in [5.74, 6) is 0.804. The summed E-state index contributed by atoms with van der Waals surface area (Å²) in [4.78, 5) is 2.35. The summed E-state index contributed by atoms with van der Waals surface area (Å²) in [7, 11) is 0. The average molecular weight is 276 g/mol. The van der Waals surface area contributed by atoms with Crippen LogP contribution < -0.4 is 5.32 Å². The van der Waals surface area contributed by atoms with Crippen LogP contribution in [0.3, 0.4) is 0 Å². The van der Waals surface area contributed by atoms with Gasteiger partial charge in [-0.2, -0.15) is 0 Å². The highest BCUT2D eigenvalue weighted by Gasteiger charge is 2.27. The van der Waals surface area contributed by atoms with Gasteiger partial charge in [0.2, 0.25) is 0 Å². The molecule has 2 fully saturated rings. The van der Waals surface area contributed by atoms with E-state index in [0.29, 0.717) is 12.6 Å². The van der Waals surface area contributed by atoms with Crippen molar-refractivity contribution < 1.29 is 13.5 Å². The molecule has 0 aromatic carbocycles. The van der Waals surface area contributed by atoms with Crippen LogP contribution in [0.5, 0.6) is 0 Å². The van der Waals surface area contributed by atoms with Crippen LogP contribution in [0.15, 0.2) is 0 Å². The Morgan fingerprint density at radius 3 is 2.74 bits per heavy atom. The number of ether oxygens (including phenoxy) is 1. The van der Waals surface area contributed by atoms with Gasteiger partial charge in [-0.05, 0) is 18.8 Å². The predicted molar refractivity (Wildman–Crippen MR) is 71.6 cm³/mol. The second kappa shape index (κ2) is 8.12. The minimum Gasteiger partial charge on any atom is -0.374 e. The molecule has 1 aliphatic carbocycles. The smallest absolute Gasteiger partial charge is 0.261 e. The molecule has 1 N–H and O–H groups in total. The van der Waals surface area contributed by atoms with Crippen molar-refractivity contribution in [2.24, 2.45) is 5.92 Å². The second-order valence-electron chi connectivity index (χ2n) is 5.73. The molecule has 2 aliphatic rings. The first kappa shape index (κ1) is 15.1. The van der Waals surface area contributed by atoms with Crippen LogP contribution in [0.1, 0.15) is 32.1 Å². The summed E-state index contributed by atoms with van der Waals surface area (Å²) in [6.07, 6.45) is 4.44. The van der Waals surface area contributed by atoms with E-state index in [-0.39, 0.29) is 0 Å². The SMILES string of the molecule is FC(F)COCCN1CCNC(C2CCCCC2)C1. The molecule has 0 aromatic rings. The van der Waals surface area contributed by atoms with Gasteiger partial charge in [0.25, 0.3) is 6.43 Å². The van der Waals surface area contributed by atoms with E-state index in [1.54, 1.807) is 0 Å². The van der Waals surface area contributed by atoms with Gasteiger partial charge >= 0.3 is 0 Å². The van der Waals surface area contributed by atoms with E-state index in [4.69, 9.17) is 4.74 Å². The third-order valence-electron chi connectivity index (χ3n) is 4.30. The Morgan fingerprint density at radius 1 is 1.21 bits per heavy atom. The molecule has 1 unspecified atom stereocenters. The largest absolute Gasteiger partial charge is 0.374 e. The molecule has 0 bridgehead atoms. The molecule has 0 spiro atoms. The third-order valence-corrected chi connectivity index (χ3v) is 4.30. The summed E-state index contributed by atoms with van der Waals surface area (Å²) >= 11 is 0. The lowest BCUT2D eigenvalue weighted by molar-refractivity contribution is 0.00610. The van der Waals surface area contributed by atoms with Gasteiger partial charge in [-0.25, -0.2) is 8.78 Å². The number of alkyl halides is 2. The van der Waals surface area contributed by atoms with Gasteiger partial charge in [0.05, 0.1) is 6.61 Å². The lowest BCUT2D eigenvalue weighted by atomic mass is 9.83. The van der Waals surface area contributed by atoms with Crippen LogP contribution in [0, 0.1) is 5.92 Å². The maximum Gasteiger partial charge on any atom is 0.261 e. The molecule has 0 aromatic heterocycles. The quantitative estimate of drug-likeness (QED) is 0.752. The van der Waals surface area contributed by atoms with Crippen molar-refractivity contribution in [2.75, 3.05) is 39.4 Å². The molecule has 0 amide bonds. The van der Waals surface area contributed by atoms with Crippen LogP contribution in [0.4, 0.5) is 8.78 Å². The minimum atomic E-state index is -2.35. The van der Waals surface area contributed by atoms with Gasteiger partial charge in [0.1, 0.15) is 6.61 Å². The summed E-state index contributed by atoms with van der Waals surface area (Å²) in [6.45, 7) is 3.82. The summed E-state index contributed by atoms with van der Waals surface area (Å²) in [5, 5.41) is 3.62. The zero-order valence-corrected chi connectivity index (χ0v) is 11.6. The standard InChI is InChI=1S/C14H26F2N2O/c15-14(16)11-19-9-8-18-7-6-17-13(10-18)12-4-2-1-3-5-12/h12-14,17H,1-11H2. The van der Waals surface area contributed by atoms with E-state index < -0.39 is 13.0 Å². The van der Waals surface area contributed by atoms with Crippen molar-refractivity contribution in [3.8, 4) is 0 Å². The number of halogens is 2. The molecule has 1 aliphatic heterocycles. The van der Waals surface area contributed by atoms with Crippen molar-refractivity contribution >= 4 is 0 Å². The fraction of sp³-hybridized carbons (Fsp3) is 1.00. The molecule has 0 radical (unpaired) electrons. The van der Waals surface area contributed by atoms with Gasteiger partial charge in [-0.3, -0.25) is 4.90 Å². The van der Waals surface area contributed by atoms with Gasteiger partial charge < -0.3 is 10.1 Å². The second-order valence-corrected chi connectivity index (χ2v) is 5.73. The number of nitrogens with zero attached hydrogens (tertiary/aromatic N) is 1. The molecule has 1 saturated carbocycles. The zero-order valence-electron chi connectivity index (χ0n) is 11.6. The number of rotatable bonds is 6. The first-order valence-corrected chi connectivity index (χ1v) is 7.57. The van der Waals surface area contributed by atoms with E-state index in [1.807, 2.05) is 0 Å².